The Hall–Kier alpha value is -0.120. The molecule has 1 aliphatic heterocycles. The highest BCUT2D eigenvalue weighted by Crippen LogP contribution is 2.36. The standard InChI is InChI=1S/C15H31NO2/c1-4-7-10-18-12-14(17)11-16-9-8-15(5-2,6-3)13-16/h14,17H,4-13H2,1-3H3. The maximum atomic E-state index is 9.96. The molecule has 1 atom stereocenters. The van der Waals surface area contributed by atoms with Crippen LogP contribution < -0.4 is 0 Å². The second kappa shape index (κ2) is 8.13. The SMILES string of the molecule is CCCCOCC(O)CN1CCC(CC)(CC)C1. The number of ether oxygens (including phenoxy) is 1. The minimum atomic E-state index is -0.327. The van der Waals surface area contributed by atoms with Crippen LogP contribution in [0.1, 0.15) is 52.9 Å². The summed E-state index contributed by atoms with van der Waals surface area (Å²) in [5.41, 5.74) is 0.503. The van der Waals surface area contributed by atoms with E-state index >= 15 is 0 Å². The first-order chi connectivity index (χ1) is 8.65. The predicted molar refractivity (Wildman–Crippen MR) is 75.8 cm³/mol. The van der Waals surface area contributed by atoms with E-state index < -0.39 is 0 Å². The maximum absolute atomic E-state index is 9.96. The van der Waals surface area contributed by atoms with Crippen molar-refractivity contribution < 1.29 is 9.84 Å². The van der Waals surface area contributed by atoms with Gasteiger partial charge < -0.3 is 14.7 Å². The molecule has 18 heavy (non-hydrogen) atoms. The van der Waals surface area contributed by atoms with Crippen molar-refractivity contribution in [3.63, 3.8) is 0 Å². The Labute approximate surface area is 113 Å². The van der Waals surface area contributed by atoms with Crippen molar-refractivity contribution in [2.24, 2.45) is 5.41 Å². The van der Waals surface area contributed by atoms with Gasteiger partial charge >= 0.3 is 0 Å². The highest BCUT2D eigenvalue weighted by atomic mass is 16.5. The molecular weight excluding hydrogens is 226 g/mol. The van der Waals surface area contributed by atoms with Crippen molar-refractivity contribution in [1.29, 1.82) is 0 Å². The third-order valence-corrected chi connectivity index (χ3v) is 4.44. The fourth-order valence-corrected chi connectivity index (χ4v) is 2.83. The number of nitrogens with zero attached hydrogens (tertiary/aromatic N) is 1. The van der Waals surface area contributed by atoms with Crippen molar-refractivity contribution in [2.75, 3.05) is 32.8 Å². The van der Waals surface area contributed by atoms with Gasteiger partial charge in [0, 0.05) is 19.7 Å². The molecule has 1 unspecified atom stereocenters. The molecule has 0 bridgehead atoms. The lowest BCUT2D eigenvalue weighted by atomic mass is 9.82. The number of likely N-dealkylation sites (tertiary alicyclic amines) is 1. The second-order valence-electron chi connectivity index (χ2n) is 5.77. The number of β-amino-alcohol motifs (C(OH)–C–C–N with tert-alkyl or cyclic N) is 1. The molecule has 1 heterocycles. The summed E-state index contributed by atoms with van der Waals surface area (Å²) in [4.78, 5) is 2.40. The van der Waals surface area contributed by atoms with E-state index in [4.69, 9.17) is 4.74 Å². The predicted octanol–water partition coefficient (Wildman–Crippen LogP) is 2.68. The van der Waals surface area contributed by atoms with Crippen molar-refractivity contribution >= 4 is 0 Å². The number of rotatable bonds is 9. The lowest BCUT2D eigenvalue weighted by Gasteiger charge is -2.27. The van der Waals surface area contributed by atoms with E-state index in [2.05, 4.69) is 25.7 Å². The van der Waals surface area contributed by atoms with Crippen LogP contribution in [0.15, 0.2) is 0 Å². The van der Waals surface area contributed by atoms with Crippen LogP contribution in [0.2, 0.25) is 0 Å². The molecule has 0 aromatic rings. The van der Waals surface area contributed by atoms with Crippen LogP contribution in [-0.2, 0) is 4.74 Å². The van der Waals surface area contributed by atoms with E-state index in [-0.39, 0.29) is 6.10 Å². The Morgan fingerprint density at radius 1 is 1.28 bits per heavy atom. The van der Waals surface area contributed by atoms with Crippen LogP contribution in [-0.4, -0.2) is 49.0 Å². The van der Waals surface area contributed by atoms with Gasteiger partial charge in [-0.3, -0.25) is 0 Å². The molecule has 1 rings (SSSR count). The highest BCUT2D eigenvalue weighted by molar-refractivity contribution is 4.88. The van der Waals surface area contributed by atoms with Crippen molar-refractivity contribution in [3.8, 4) is 0 Å². The van der Waals surface area contributed by atoms with Gasteiger partial charge in [-0.25, -0.2) is 0 Å². The summed E-state index contributed by atoms with van der Waals surface area (Å²) < 4.78 is 5.47. The molecule has 3 nitrogen and oxygen atoms in total. The topological polar surface area (TPSA) is 32.7 Å². The molecule has 1 N–H and O–H groups in total. The van der Waals surface area contributed by atoms with Gasteiger partial charge in [0.2, 0.25) is 0 Å². The Balaban J connectivity index is 2.19. The molecule has 0 radical (unpaired) electrons. The zero-order chi connectivity index (χ0) is 13.4. The maximum Gasteiger partial charge on any atom is 0.0900 e. The second-order valence-corrected chi connectivity index (χ2v) is 5.77. The average Bonchev–Trinajstić information content (AvgIpc) is 2.79. The van der Waals surface area contributed by atoms with Crippen LogP contribution in [0.4, 0.5) is 0 Å². The number of aliphatic hydroxyl groups is 1. The smallest absolute Gasteiger partial charge is 0.0900 e. The van der Waals surface area contributed by atoms with Crippen LogP contribution in [0, 0.1) is 5.41 Å². The zero-order valence-electron chi connectivity index (χ0n) is 12.5. The number of hydrogen-bond acceptors (Lipinski definition) is 3. The Morgan fingerprint density at radius 3 is 2.56 bits per heavy atom. The van der Waals surface area contributed by atoms with E-state index in [1.54, 1.807) is 0 Å². The van der Waals surface area contributed by atoms with E-state index in [0.29, 0.717) is 12.0 Å². The molecule has 0 aromatic carbocycles. The lowest BCUT2D eigenvalue weighted by Crippen LogP contribution is -2.35. The molecule has 1 fully saturated rings. The van der Waals surface area contributed by atoms with Crippen LogP contribution in [0.3, 0.4) is 0 Å². The van der Waals surface area contributed by atoms with Gasteiger partial charge in [0.25, 0.3) is 0 Å². The summed E-state index contributed by atoms with van der Waals surface area (Å²) in [6, 6.07) is 0. The first-order valence-corrected chi connectivity index (χ1v) is 7.64. The minimum Gasteiger partial charge on any atom is -0.389 e. The molecule has 0 aromatic heterocycles. The number of hydrogen-bond donors (Lipinski definition) is 1. The van der Waals surface area contributed by atoms with Crippen LogP contribution in [0.25, 0.3) is 0 Å². The van der Waals surface area contributed by atoms with E-state index in [1.807, 2.05) is 0 Å². The monoisotopic (exact) mass is 257 g/mol. The van der Waals surface area contributed by atoms with Gasteiger partial charge in [-0.2, -0.15) is 0 Å². The normalized spacial score (nSPS) is 21.3. The Morgan fingerprint density at radius 2 is 2.00 bits per heavy atom. The molecule has 0 saturated carbocycles. The van der Waals surface area contributed by atoms with Gasteiger partial charge in [0.1, 0.15) is 0 Å². The largest absolute Gasteiger partial charge is 0.389 e. The quantitative estimate of drug-likeness (QED) is 0.645. The van der Waals surface area contributed by atoms with E-state index in [9.17, 15) is 5.11 Å². The first kappa shape index (κ1) is 15.9. The molecule has 108 valence electrons. The number of unbranched alkanes of at least 4 members (excludes halogenated alkanes) is 1. The van der Waals surface area contributed by atoms with Gasteiger partial charge in [-0.15, -0.1) is 0 Å². The summed E-state index contributed by atoms with van der Waals surface area (Å²) in [7, 11) is 0. The molecule has 0 spiro atoms. The summed E-state index contributed by atoms with van der Waals surface area (Å²) >= 11 is 0. The summed E-state index contributed by atoms with van der Waals surface area (Å²) in [5, 5.41) is 9.96. The summed E-state index contributed by atoms with van der Waals surface area (Å²) in [6.45, 7) is 11.0. The zero-order valence-corrected chi connectivity index (χ0v) is 12.5. The highest BCUT2D eigenvalue weighted by Gasteiger charge is 2.35. The number of aliphatic hydroxyl groups excluding tert-OH is 1. The Kier molecular flexibility index (Phi) is 7.20. The molecule has 0 amide bonds. The summed E-state index contributed by atoms with van der Waals surface area (Å²) in [6.07, 6.45) is 5.70. The molecule has 1 aliphatic rings. The third kappa shape index (κ3) is 4.87. The third-order valence-electron chi connectivity index (χ3n) is 4.44. The molecular formula is C15H31NO2. The molecule has 0 aliphatic carbocycles. The van der Waals surface area contributed by atoms with Crippen molar-refractivity contribution in [1.82, 2.24) is 4.90 Å². The van der Waals surface area contributed by atoms with Crippen LogP contribution in [0.5, 0.6) is 0 Å². The fraction of sp³-hybridized carbons (Fsp3) is 1.00. The Bertz CT molecular complexity index is 217. The van der Waals surface area contributed by atoms with Crippen molar-refractivity contribution in [3.05, 3.63) is 0 Å². The van der Waals surface area contributed by atoms with Crippen LogP contribution >= 0.6 is 0 Å². The first-order valence-electron chi connectivity index (χ1n) is 7.64. The summed E-state index contributed by atoms with van der Waals surface area (Å²) in [5.74, 6) is 0. The van der Waals surface area contributed by atoms with Gasteiger partial charge in [0.15, 0.2) is 0 Å². The van der Waals surface area contributed by atoms with E-state index in [1.165, 1.54) is 19.3 Å². The minimum absolute atomic E-state index is 0.327. The molecule has 1 saturated heterocycles. The van der Waals surface area contributed by atoms with Crippen molar-refractivity contribution in [2.45, 2.75) is 59.0 Å². The average molecular weight is 257 g/mol. The van der Waals surface area contributed by atoms with E-state index in [0.717, 1.165) is 39.1 Å². The lowest BCUT2D eigenvalue weighted by molar-refractivity contribution is 0.0176. The fourth-order valence-electron chi connectivity index (χ4n) is 2.83. The van der Waals surface area contributed by atoms with Gasteiger partial charge in [-0.05, 0) is 37.6 Å². The van der Waals surface area contributed by atoms with Gasteiger partial charge in [-0.1, -0.05) is 27.2 Å². The molecule has 3 heteroatoms. The van der Waals surface area contributed by atoms with Gasteiger partial charge in [0.05, 0.1) is 12.7 Å².